The van der Waals surface area contributed by atoms with Crippen LogP contribution in [0.25, 0.3) is 0 Å². The molecule has 1 aromatic heterocycles. The van der Waals surface area contributed by atoms with Crippen molar-refractivity contribution in [2.75, 3.05) is 34.4 Å². The molecule has 0 aliphatic carbocycles. The van der Waals surface area contributed by atoms with Gasteiger partial charge in [0, 0.05) is 33.9 Å². The van der Waals surface area contributed by atoms with E-state index in [2.05, 4.69) is 15.4 Å². The molecule has 1 heterocycles. The van der Waals surface area contributed by atoms with Crippen LogP contribution in [0, 0.1) is 0 Å². The fraction of sp³-hybridized carbons (Fsp3) is 0.818. The average molecular weight is 288 g/mol. The molecule has 0 aliphatic heterocycles. The van der Waals surface area contributed by atoms with Crippen molar-refractivity contribution >= 4 is 8.80 Å². The van der Waals surface area contributed by atoms with Crippen LogP contribution in [0.15, 0.2) is 12.7 Å². The van der Waals surface area contributed by atoms with E-state index in [9.17, 15) is 0 Å². The summed E-state index contributed by atoms with van der Waals surface area (Å²) in [6.07, 6.45) is 5.30. The largest absolute Gasteiger partial charge is 0.500 e. The molecular formula is C11H24N4O3Si. The monoisotopic (exact) mass is 288 g/mol. The second-order valence-electron chi connectivity index (χ2n) is 4.16. The summed E-state index contributed by atoms with van der Waals surface area (Å²) in [6, 6.07) is 0.826. The molecule has 0 aromatic carbocycles. The first-order valence-corrected chi connectivity index (χ1v) is 8.38. The van der Waals surface area contributed by atoms with Crippen molar-refractivity contribution < 1.29 is 13.3 Å². The van der Waals surface area contributed by atoms with Crippen molar-refractivity contribution in [1.82, 2.24) is 20.1 Å². The van der Waals surface area contributed by atoms with Crippen LogP contribution in [0.3, 0.4) is 0 Å². The Hall–Kier alpha value is -0.803. The highest BCUT2D eigenvalue weighted by Gasteiger charge is 2.36. The molecular weight excluding hydrogens is 264 g/mol. The van der Waals surface area contributed by atoms with Crippen LogP contribution in [0.1, 0.15) is 12.8 Å². The summed E-state index contributed by atoms with van der Waals surface area (Å²) in [5.41, 5.74) is 0. The van der Waals surface area contributed by atoms with Crippen LogP contribution >= 0.6 is 0 Å². The standard InChI is InChI=1S/C11H24N4O3Si/c1-16-19(17-2,18-3)9-5-7-12-6-4-8-15-11-13-10-14-15/h10-12H,4-9H2,1-3H3. The van der Waals surface area contributed by atoms with Crippen LogP contribution in [0.5, 0.6) is 0 Å². The van der Waals surface area contributed by atoms with Crippen molar-refractivity contribution in [1.29, 1.82) is 0 Å². The van der Waals surface area contributed by atoms with Crippen molar-refractivity contribution in [2.24, 2.45) is 0 Å². The summed E-state index contributed by atoms with van der Waals surface area (Å²) >= 11 is 0. The summed E-state index contributed by atoms with van der Waals surface area (Å²) in [6.45, 7) is 2.78. The number of hydrogen-bond donors (Lipinski definition) is 1. The predicted octanol–water partition coefficient (Wildman–Crippen LogP) is 0.526. The molecule has 0 aliphatic rings. The minimum atomic E-state index is -2.39. The first-order chi connectivity index (χ1) is 9.26. The number of nitrogens with one attached hydrogen (secondary N) is 1. The molecule has 0 radical (unpaired) electrons. The Balaban J connectivity index is 2.01. The van der Waals surface area contributed by atoms with Crippen LogP contribution in [0.4, 0.5) is 0 Å². The number of aromatic nitrogens is 3. The Bertz CT molecular complexity index is 311. The quantitative estimate of drug-likeness (QED) is 0.473. The highest BCUT2D eigenvalue weighted by Crippen LogP contribution is 2.14. The normalized spacial score (nSPS) is 11.9. The van der Waals surface area contributed by atoms with Gasteiger partial charge in [0.15, 0.2) is 0 Å². The first-order valence-electron chi connectivity index (χ1n) is 6.45. The SMILES string of the molecule is CO[Si](CCCNCCCn1cncn1)(OC)OC. The van der Waals surface area contributed by atoms with Crippen LogP contribution < -0.4 is 5.32 Å². The summed E-state index contributed by atoms with van der Waals surface area (Å²) < 4.78 is 17.9. The topological polar surface area (TPSA) is 70.4 Å². The van der Waals surface area contributed by atoms with Crippen molar-refractivity contribution in [3.05, 3.63) is 12.7 Å². The van der Waals surface area contributed by atoms with E-state index in [0.717, 1.165) is 38.5 Å². The second kappa shape index (κ2) is 9.16. The Morgan fingerprint density at radius 2 is 1.79 bits per heavy atom. The Kier molecular flexibility index (Phi) is 7.83. The summed E-state index contributed by atoms with van der Waals surface area (Å²) in [7, 11) is 2.54. The molecule has 1 rings (SSSR count). The Morgan fingerprint density at radius 1 is 1.11 bits per heavy atom. The van der Waals surface area contributed by atoms with E-state index in [-0.39, 0.29) is 0 Å². The molecule has 0 saturated carbocycles. The van der Waals surface area contributed by atoms with Crippen molar-refractivity contribution in [2.45, 2.75) is 25.4 Å². The minimum absolute atomic E-state index is 0.826. The molecule has 1 N–H and O–H groups in total. The Morgan fingerprint density at radius 3 is 2.37 bits per heavy atom. The lowest BCUT2D eigenvalue weighted by molar-refractivity contribution is 0.123. The lowest BCUT2D eigenvalue weighted by Crippen LogP contribution is -2.43. The second-order valence-corrected chi connectivity index (χ2v) is 7.25. The Labute approximate surface area is 115 Å². The first kappa shape index (κ1) is 16.3. The number of nitrogens with zero attached hydrogens (tertiary/aromatic N) is 3. The van der Waals surface area contributed by atoms with Crippen LogP contribution in [-0.4, -0.2) is 58.0 Å². The molecule has 0 unspecified atom stereocenters. The predicted molar refractivity (Wildman–Crippen MR) is 73.7 cm³/mol. The van der Waals surface area contributed by atoms with Gasteiger partial charge in [0.2, 0.25) is 0 Å². The smallest absolute Gasteiger partial charge is 0.377 e. The van der Waals surface area contributed by atoms with Gasteiger partial charge in [0.1, 0.15) is 12.7 Å². The maximum absolute atomic E-state index is 5.36. The van der Waals surface area contributed by atoms with Gasteiger partial charge >= 0.3 is 8.80 Å². The van der Waals surface area contributed by atoms with Gasteiger partial charge in [-0.1, -0.05) is 0 Å². The van der Waals surface area contributed by atoms with E-state index >= 15 is 0 Å². The lowest BCUT2D eigenvalue weighted by atomic mass is 10.4. The van der Waals surface area contributed by atoms with Gasteiger partial charge in [-0.05, 0) is 25.9 Å². The third-order valence-electron chi connectivity index (χ3n) is 2.98. The van der Waals surface area contributed by atoms with Gasteiger partial charge < -0.3 is 18.6 Å². The zero-order chi connectivity index (χ0) is 14.0. The molecule has 19 heavy (non-hydrogen) atoms. The lowest BCUT2D eigenvalue weighted by Gasteiger charge is -2.24. The molecule has 7 nitrogen and oxygen atoms in total. The fourth-order valence-corrected chi connectivity index (χ4v) is 3.55. The van der Waals surface area contributed by atoms with E-state index < -0.39 is 8.80 Å². The molecule has 0 saturated heterocycles. The van der Waals surface area contributed by atoms with E-state index in [1.807, 2.05) is 4.68 Å². The summed E-state index contributed by atoms with van der Waals surface area (Å²) in [5.74, 6) is 0. The minimum Gasteiger partial charge on any atom is -0.377 e. The highest BCUT2D eigenvalue weighted by molar-refractivity contribution is 6.60. The average Bonchev–Trinajstić information content (AvgIpc) is 2.96. The van der Waals surface area contributed by atoms with Gasteiger partial charge in [-0.25, -0.2) is 4.98 Å². The maximum Gasteiger partial charge on any atom is 0.500 e. The number of rotatable bonds is 11. The third-order valence-corrected chi connectivity index (χ3v) is 5.81. The van der Waals surface area contributed by atoms with Crippen molar-refractivity contribution in [3.63, 3.8) is 0 Å². The zero-order valence-electron chi connectivity index (χ0n) is 12.0. The van der Waals surface area contributed by atoms with E-state index in [1.165, 1.54) is 0 Å². The molecule has 110 valence electrons. The van der Waals surface area contributed by atoms with Crippen LogP contribution in [-0.2, 0) is 19.8 Å². The molecule has 0 spiro atoms. The van der Waals surface area contributed by atoms with E-state index in [4.69, 9.17) is 13.3 Å². The molecule has 0 bridgehead atoms. The third kappa shape index (κ3) is 5.79. The summed E-state index contributed by atoms with van der Waals surface area (Å²) in [5, 5.41) is 7.44. The molecule has 8 heteroatoms. The van der Waals surface area contributed by atoms with Gasteiger partial charge in [0.05, 0.1) is 0 Å². The van der Waals surface area contributed by atoms with E-state index in [1.54, 1.807) is 34.0 Å². The van der Waals surface area contributed by atoms with Gasteiger partial charge in [-0.3, -0.25) is 4.68 Å². The highest BCUT2D eigenvalue weighted by atomic mass is 28.4. The molecule has 0 amide bonds. The number of aryl methyl sites for hydroxylation is 1. The van der Waals surface area contributed by atoms with Crippen LogP contribution in [0.2, 0.25) is 6.04 Å². The summed E-state index contributed by atoms with van der Waals surface area (Å²) in [4.78, 5) is 3.90. The maximum atomic E-state index is 5.36. The van der Waals surface area contributed by atoms with Gasteiger partial charge in [-0.2, -0.15) is 5.10 Å². The molecule has 0 fully saturated rings. The zero-order valence-corrected chi connectivity index (χ0v) is 13.0. The van der Waals surface area contributed by atoms with E-state index in [0.29, 0.717) is 0 Å². The van der Waals surface area contributed by atoms with Crippen molar-refractivity contribution in [3.8, 4) is 0 Å². The molecule has 0 atom stereocenters. The number of hydrogen-bond acceptors (Lipinski definition) is 6. The fourth-order valence-electron chi connectivity index (χ4n) is 1.83. The molecule has 1 aromatic rings. The van der Waals surface area contributed by atoms with Gasteiger partial charge in [0.25, 0.3) is 0 Å². The van der Waals surface area contributed by atoms with Gasteiger partial charge in [-0.15, -0.1) is 0 Å².